The molecule has 0 bridgehead atoms. The maximum absolute atomic E-state index is 11.5. The van der Waals surface area contributed by atoms with E-state index in [-0.39, 0.29) is 11.3 Å². The van der Waals surface area contributed by atoms with Crippen LogP contribution in [0, 0.1) is 5.41 Å². The monoisotopic (exact) mass is 274 g/mol. The predicted molar refractivity (Wildman–Crippen MR) is 83.9 cm³/mol. The van der Waals surface area contributed by atoms with Crippen molar-refractivity contribution in [3.05, 3.63) is 29.3 Å². The van der Waals surface area contributed by atoms with Crippen LogP contribution in [0.1, 0.15) is 57.7 Å². The third-order valence-electron chi connectivity index (χ3n) is 4.38. The lowest BCUT2D eigenvalue weighted by Gasteiger charge is -2.35. The number of fused-ring (bicyclic) bond motifs is 1. The first-order chi connectivity index (χ1) is 9.47. The fourth-order valence-corrected chi connectivity index (χ4v) is 2.77. The van der Waals surface area contributed by atoms with Gasteiger partial charge in [-0.2, -0.15) is 0 Å². The molecule has 0 saturated carbocycles. The molecule has 3 heteroatoms. The van der Waals surface area contributed by atoms with Crippen LogP contribution in [0.25, 0.3) is 0 Å². The highest BCUT2D eigenvalue weighted by Gasteiger charge is 2.29. The van der Waals surface area contributed by atoms with E-state index in [2.05, 4.69) is 50.5 Å². The Hall–Kier alpha value is -1.35. The lowest BCUT2D eigenvalue weighted by atomic mass is 9.78. The van der Waals surface area contributed by atoms with Crippen LogP contribution >= 0.6 is 0 Å². The number of rotatable bonds is 6. The van der Waals surface area contributed by atoms with E-state index in [0.717, 1.165) is 30.6 Å². The van der Waals surface area contributed by atoms with Gasteiger partial charge >= 0.3 is 0 Å². The summed E-state index contributed by atoms with van der Waals surface area (Å²) in [6.07, 6.45) is 2.75. The summed E-state index contributed by atoms with van der Waals surface area (Å²) in [5, 5.41) is 6.57. The largest absolute Gasteiger partial charge is 0.326 e. The Morgan fingerprint density at radius 2 is 2.10 bits per heavy atom. The second-order valence-corrected chi connectivity index (χ2v) is 6.37. The quantitative estimate of drug-likeness (QED) is 0.831. The van der Waals surface area contributed by atoms with Crippen LogP contribution < -0.4 is 10.6 Å². The Morgan fingerprint density at radius 3 is 2.75 bits per heavy atom. The van der Waals surface area contributed by atoms with E-state index in [9.17, 15) is 4.79 Å². The van der Waals surface area contributed by atoms with Gasteiger partial charge in [-0.25, -0.2) is 0 Å². The molecule has 1 heterocycles. The highest BCUT2D eigenvalue weighted by Crippen LogP contribution is 2.38. The van der Waals surface area contributed by atoms with Crippen molar-refractivity contribution in [1.82, 2.24) is 5.32 Å². The molecule has 0 aliphatic carbocycles. The van der Waals surface area contributed by atoms with Gasteiger partial charge in [-0.1, -0.05) is 39.8 Å². The third kappa shape index (κ3) is 3.04. The molecule has 0 saturated heterocycles. The molecule has 3 nitrogen and oxygen atoms in total. The van der Waals surface area contributed by atoms with E-state index in [1.165, 1.54) is 5.56 Å². The van der Waals surface area contributed by atoms with Crippen molar-refractivity contribution in [2.24, 2.45) is 5.41 Å². The first-order valence-electron chi connectivity index (χ1n) is 7.64. The second-order valence-electron chi connectivity index (χ2n) is 6.37. The van der Waals surface area contributed by atoms with Gasteiger partial charge in [0.05, 0.1) is 6.42 Å². The smallest absolute Gasteiger partial charge is 0.228 e. The van der Waals surface area contributed by atoms with E-state index >= 15 is 0 Å². The molecule has 2 N–H and O–H groups in total. The number of benzene rings is 1. The van der Waals surface area contributed by atoms with Crippen LogP contribution in [0.3, 0.4) is 0 Å². The van der Waals surface area contributed by atoms with Crippen LogP contribution in [0.15, 0.2) is 18.2 Å². The van der Waals surface area contributed by atoms with Crippen LogP contribution in [0.2, 0.25) is 0 Å². The summed E-state index contributed by atoms with van der Waals surface area (Å²) in [6.45, 7) is 10.0. The molecule has 1 atom stereocenters. The molecule has 1 aliphatic rings. The fraction of sp³-hybridized carbons (Fsp3) is 0.588. The van der Waals surface area contributed by atoms with Crippen molar-refractivity contribution < 1.29 is 4.79 Å². The average Bonchev–Trinajstić information content (AvgIpc) is 2.78. The molecule has 2 rings (SSSR count). The number of carbonyl (C=O) groups is 1. The first-order valence-corrected chi connectivity index (χ1v) is 7.64. The minimum atomic E-state index is 0.102. The van der Waals surface area contributed by atoms with Crippen molar-refractivity contribution >= 4 is 11.6 Å². The van der Waals surface area contributed by atoms with E-state index in [0.29, 0.717) is 12.5 Å². The molecule has 0 spiro atoms. The summed E-state index contributed by atoms with van der Waals surface area (Å²) in [5.74, 6) is 0.102. The SMILES string of the molecule is CCCNC(c1ccc2c(c1)CC(=O)N2)C(C)(C)CC. The lowest BCUT2D eigenvalue weighted by Crippen LogP contribution is -2.34. The van der Waals surface area contributed by atoms with E-state index in [1.54, 1.807) is 0 Å². The number of hydrogen-bond acceptors (Lipinski definition) is 2. The van der Waals surface area contributed by atoms with E-state index in [4.69, 9.17) is 0 Å². The molecule has 20 heavy (non-hydrogen) atoms. The van der Waals surface area contributed by atoms with E-state index < -0.39 is 0 Å². The maximum Gasteiger partial charge on any atom is 0.228 e. The van der Waals surface area contributed by atoms with Crippen molar-refractivity contribution in [3.63, 3.8) is 0 Å². The maximum atomic E-state index is 11.5. The summed E-state index contributed by atoms with van der Waals surface area (Å²) >= 11 is 0. The van der Waals surface area contributed by atoms with Gasteiger partial charge in [-0.15, -0.1) is 0 Å². The number of carbonyl (C=O) groups excluding carboxylic acids is 1. The minimum Gasteiger partial charge on any atom is -0.326 e. The summed E-state index contributed by atoms with van der Waals surface area (Å²) in [7, 11) is 0. The molecule has 0 aromatic heterocycles. The molecule has 1 amide bonds. The first kappa shape index (κ1) is 15.0. The summed E-state index contributed by atoms with van der Waals surface area (Å²) in [6, 6.07) is 6.71. The van der Waals surface area contributed by atoms with Gasteiger partial charge in [-0.3, -0.25) is 4.79 Å². The van der Waals surface area contributed by atoms with Crippen LogP contribution in [-0.2, 0) is 11.2 Å². The molecule has 0 fully saturated rings. The number of amides is 1. The zero-order chi connectivity index (χ0) is 14.8. The number of hydrogen-bond donors (Lipinski definition) is 2. The Bertz CT molecular complexity index is 494. The molecular formula is C17H26N2O. The molecule has 0 radical (unpaired) electrons. The second kappa shape index (κ2) is 5.96. The van der Waals surface area contributed by atoms with Crippen molar-refractivity contribution in [3.8, 4) is 0 Å². The highest BCUT2D eigenvalue weighted by molar-refractivity contribution is 5.99. The van der Waals surface area contributed by atoms with Gasteiger partial charge < -0.3 is 10.6 Å². The zero-order valence-corrected chi connectivity index (χ0v) is 13.0. The standard InChI is InChI=1S/C17H26N2O/c1-5-9-18-16(17(3,4)6-2)12-7-8-14-13(10-12)11-15(20)19-14/h7-8,10,16,18H,5-6,9,11H2,1-4H3,(H,19,20). The fourth-order valence-electron chi connectivity index (χ4n) is 2.77. The summed E-state index contributed by atoms with van der Waals surface area (Å²) in [5.41, 5.74) is 3.59. The van der Waals surface area contributed by atoms with Crippen molar-refractivity contribution in [2.75, 3.05) is 11.9 Å². The number of anilines is 1. The third-order valence-corrected chi connectivity index (χ3v) is 4.38. The molecular weight excluding hydrogens is 248 g/mol. The molecule has 110 valence electrons. The van der Waals surface area contributed by atoms with Crippen molar-refractivity contribution in [1.29, 1.82) is 0 Å². The predicted octanol–water partition coefficient (Wildman–Crippen LogP) is 3.66. The molecule has 1 aromatic rings. The van der Waals surface area contributed by atoms with Gasteiger partial charge in [-0.05, 0) is 42.0 Å². The zero-order valence-electron chi connectivity index (χ0n) is 13.0. The molecule has 1 aliphatic heterocycles. The molecule has 1 unspecified atom stereocenters. The van der Waals surface area contributed by atoms with Crippen molar-refractivity contribution in [2.45, 2.75) is 53.0 Å². The van der Waals surface area contributed by atoms with Crippen LogP contribution in [0.5, 0.6) is 0 Å². The summed E-state index contributed by atoms with van der Waals surface area (Å²) in [4.78, 5) is 11.5. The van der Waals surface area contributed by atoms with Gasteiger partial charge in [0.25, 0.3) is 0 Å². The summed E-state index contributed by atoms with van der Waals surface area (Å²) < 4.78 is 0. The number of nitrogens with one attached hydrogen (secondary N) is 2. The van der Waals surface area contributed by atoms with Gasteiger partial charge in [0.15, 0.2) is 0 Å². The van der Waals surface area contributed by atoms with Gasteiger partial charge in [0.2, 0.25) is 5.91 Å². The van der Waals surface area contributed by atoms with Gasteiger partial charge in [0, 0.05) is 11.7 Å². The van der Waals surface area contributed by atoms with Gasteiger partial charge in [0.1, 0.15) is 0 Å². The normalized spacial score (nSPS) is 15.9. The van der Waals surface area contributed by atoms with Crippen LogP contribution in [0.4, 0.5) is 5.69 Å². The Balaban J connectivity index is 2.30. The molecule has 1 aromatic carbocycles. The highest BCUT2D eigenvalue weighted by atomic mass is 16.1. The Morgan fingerprint density at radius 1 is 1.35 bits per heavy atom. The Kier molecular flexibility index (Phi) is 4.48. The average molecular weight is 274 g/mol. The topological polar surface area (TPSA) is 41.1 Å². The lowest BCUT2D eigenvalue weighted by molar-refractivity contribution is -0.115. The Labute approximate surface area is 122 Å². The minimum absolute atomic E-state index is 0.102. The van der Waals surface area contributed by atoms with E-state index in [1.807, 2.05) is 6.07 Å². The van der Waals surface area contributed by atoms with Crippen LogP contribution in [-0.4, -0.2) is 12.5 Å².